The Labute approximate surface area is 128 Å². The van der Waals surface area contributed by atoms with Crippen LogP contribution in [-0.2, 0) is 10.0 Å². The highest BCUT2D eigenvalue weighted by atomic mass is 32.2. The van der Waals surface area contributed by atoms with E-state index in [1.165, 1.54) is 3.97 Å². The molecule has 0 bridgehead atoms. The van der Waals surface area contributed by atoms with Gasteiger partial charge in [0.15, 0.2) is 0 Å². The van der Waals surface area contributed by atoms with Crippen LogP contribution in [0.5, 0.6) is 0 Å². The van der Waals surface area contributed by atoms with E-state index in [4.69, 9.17) is 12.2 Å². The van der Waals surface area contributed by atoms with Crippen LogP contribution in [0, 0.1) is 18.4 Å². The van der Waals surface area contributed by atoms with Crippen LogP contribution >= 0.6 is 12.2 Å². The first-order chi connectivity index (χ1) is 9.91. The van der Waals surface area contributed by atoms with Gasteiger partial charge in [-0.2, -0.15) is 0 Å². The summed E-state index contributed by atoms with van der Waals surface area (Å²) in [6.07, 6.45) is 1.66. The Hall–Kier alpha value is -1.92. The summed E-state index contributed by atoms with van der Waals surface area (Å²) in [6, 6.07) is 10.4. The van der Waals surface area contributed by atoms with Crippen molar-refractivity contribution >= 4 is 33.3 Å². The van der Waals surface area contributed by atoms with Crippen molar-refractivity contribution in [2.45, 2.75) is 18.7 Å². The molecule has 0 saturated heterocycles. The second-order valence-electron chi connectivity index (χ2n) is 4.97. The SMILES string of the molecule is Cc1ccc(S(=O)(=O)n2c(C)cc3c(=S)cc[nH]c32)cc1. The second kappa shape index (κ2) is 4.82. The predicted octanol–water partition coefficient (Wildman–Crippen LogP) is 3.55. The zero-order chi connectivity index (χ0) is 15.2. The van der Waals surface area contributed by atoms with Gasteiger partial charge in [-0.05, 0) is 38.1 Å². The Morgan fingerprint density at radius 3 is 2.43 bits per heavy atom. The number of hydrogen-bond donors (Lipinski definition) is 1. The third-order valence-corrected chi connectivity index (χ3v) is 5.59. The van der Waals surface area contributed by atoms with Crippen molar-refractivity contribution in [2.75, 3.05) is 0 Å². The number of nitrogens with one attached hydrogen (secondary N) is 1. The predicted molar refractivity (Wildman–Crippen MR) is 85.6 cm³/mol. The molecule has 1 N–H and O–H groups in total. The van der Waals surface area contributed by atoms with Crippen LogP contribution in [0.3, 0.4) is 0 Å². The largest absolute Gasteiger partial charge is 0.347 e. The lowest BCUT2D eigenvalue weighted by Crippen LogP contribution is -2.14. The molecule has 0 atom stereocenters. The van der Waals surface area contributed by atoms with E-state index in [1.54, 1.807) is 49.5 Å². The van der Waals surface area contributed by atoms with Crippen LogP contribution in [0.1, 0.15) is 11.3 Å². The number of nitrogens with zero attached hydrogens (tertiary/aromatic N) is 1. The van der Waals surface area contributed by atoms with Gasteiger partial charge in [-0.3, -0.25) is 0 Å². The first kappa shape index (κ1) is 14.0. The van der Waals surface area contributed by atoms with E-state index >= 15 is 0 Å². The highest BCUT2D eigenvalue weighted by Gasteiger charge is 2.21. The topological polar surface area (TPSA) is 54.9 Å². The number of rotatable bonds is 2. The van der Waals surface area contributed by atoms with Gasteiger partial charge in [0.2, 0.25) is 0 Å². The standard InChI is InChI=1S/C15H14N2O2S2/c1-10-3-5-12(6-4-10)21(18,19)17-11(2)9-13-14(20)7-8-16-15(13)17/h3-9H,1-2H3,(H,16,20). The van der Waals surface area contributed by atoms with Gasteiger partial charge in [0.05, 0.1) is 9.41 Å². The summed E-state index contributed by atoms with van der Waals surface area (Å²) in [4.78, 5) is 3.25. The molecule has 2 aromatic heterocycles. The molecule has 21 heavy (non-hydrogen) atoms. The number of aromatic amines is 1. The maximum absolute atomic E-state index is 12.9. The van der Waals surface area contributed by atoms with Gasteiger partial charge in [-0.25, -0.2) is 12.4 Å². The minimum Gasteiger partial charge on any atom is -0.347 e. The van der Waals surface area contributed by atoms with Crippen LogP contribution in [0.4, 0.5) is 0 Å². The lowest BCUT2D eigenvalue weighted by Gasteiger charge is -2.10. The smallest absolute Gasteiger partial charge is 0.269 e. The van der Waals surface area contributed by atoms with Crippen molar-refractivity contribution in [1.29, 1.82) is 0 Å². The summed E-state index contributed by atoms with van der Waals surface area (Å²) in [6.45, 7) is 3.68. The molecule has 0 aliphatic rings. The van der Waals surface area contributed by atoms with E-state index in [1.807, 2.05) is 6.92 Å². The molecule has 3 aromatic rings. The highest BCUT2D eigenvalue weighted by molar-refractivity contribution is 7.90. The van der Waals surface area contributed by atoms with Gasteiger partial charge in [-0.15, -0.1) is 0 Å². The quantitative estimate of drug-likeness (QED) is 0.735. The first-order valence-electron chi connectivity index (χ1n) is 6.43. The van der Waals surface area contributed by atoms with Crippen LogP contribution in [0.2, 0.25) is 0 Å². The van der Waals surface area contributed by atoms with Gasteiger partial charge >= 0.3 is 0 Å². The van der Waals surface area contributed by atoms with Gasteiger partial charge in [-0.1, -0.05) is 29.9 Å². The lowest BCUT2D eigenvalue weighted by molar-refractivity contribution is 0.587. The maximum atomic E-state index is 12.9. The third-order valence-electron chi connectivity index (χ3n) is 3.41. The van der Waals surface area contributed by atoms with Crippen molar-refractivity contribution < 1.29 is 8.42 Å². The second-order valence-corrected chi connectivity index (χ2v) is 7.20. The fraction of sp³-hybridized carbons (Fsp3) is 0.133. The van der Waals surface area contributed by atoms with E-state index in [2.05, 4.69) is 4.98 Å². The maximum Gasteiger partial charge on any atom is 0.269 e. The summed E-state index contributed by atoms with van der Waals surface area (Å²) in [7, 11) is -3.65. The Kier molecular flexibility index (Phi) is 3.22. The van der Waals surface area contributed by atoms with Crippen molar-refractivity contribution in [3.05, 3.63) is 58.4 Å². The molecule has 0 amide bonds. The molecule has 0 fully saturated rings. The van der Waals surface area contributed by atoms with Gasteiger partial charge < -0.3 is 4.98 Å². The molecule has 0 spiro atoms. The Balaban J connectivity index is 2.34. The van der Waals surface area contributed by atoms with Crippen LogP contribution in [0.15, 0.2) is 47.5 Å². The fourth-order valence-electron chi connectivity index (χ4n) is 2.36. The molecule has 0 unspecified atom stereocenters. The Morgan fingerprint density at radius 1 is 1.10 bits per heavy atom. The molecule has 0 aliphatic carbocycles. The molecular formula is C15H14N2O2S2. The summed E-state index contributed by atoms with van der Waals surface area (Å²) >= 11 is 5.26. The van der Waals surface area contributed by atoms with E-state index in [-0.39, 0.29) is 4.90 Å². The van der Waals surface area contributed by atoms with Gasteiger partial charge in [0.1, 0.15) is 5.65 Å². The van der Waals surface area contributed by atoms with Gasteiger partial charge in [0.25, 0.3) is 10.0 Å². The Morgan fingerprint density at radius 2 is 1.76 bits per heavy atom. The molecule has 1 aromatic carbocycles. The molecule has 4 nitrogen and oxygen atoms in total. The molecular weight excluding hydrogens is 304 g/mol. The van der Waals surface area contributed by atoms with Gasteiger partial charge in [0, 0.05) is 17.3 Å². The minimum absolute atomic E-state index is 0.261. The molecule has 6 heteroatoms. The number of benzene rings is 1. The highest BCUT2D eigenvalue weighted by Crippen LogP contribution is 2.24. The van der Waals surface area contributed by atoms with Crippen molar-refractivity contribution in [2.24, 2.45) is 0 Å². The van der Waals surface area contributed by atoms with Crippen LogP contribution < -0.4 is 0 Å². The molecule has 0 aliphatic heterocycles. The fourth-order valence-corrected chi connectivity index (χ4v) is 4.10. The van der Waals surface area contributed by atoms with E-state index in [9.17, 15) is 8.42 Å². The minimum atomic E-state index is -3.65. The van der Waals surface area contributed by atoms with Crippen molar-refractivity contribution in [1.82, 2.24) is 8.96 Å². The summed E-state index contributed by atoms with van der Waals surface area (Å²) in [5, 5.41) is 0.737. The van der Waals surface area contributed by atoms with Crippen LogP contribution in [0.25, 0.3) is 11.0 Å². The average Bonchev–Trinajstić information content (AvgIpc) is 2.77. The third kappa shape index (κ3) is 2.20. The van der Waals surface area contributed by atoms with Crippen molar-refractivity contribution in [3.8, 4) is 0 Å². The molecule has 0 saturated carbocycles. The van der Waals surface area contributed by atoms with Crippen molar-refractivity contribution in [3.63, 3.8) is 0 Å². The normalized spacial score (nSPS) is 11.9. The zero-order valence-corrected chi connectivity index (χ0v) is 13.3. The molecule has 3 rings (SSSR count). The lowest BCUT2D eigenvalue weighted by atomic mass is 10.2. The van der Waals surface area contributed by atoms with E-state index in [0.29, 0.717) is 15.9 Å². The Bertz CT molecular complexity index is 981. The number of pyridine rings is 1. The monoisotopic (exact) mass is 318 g/mol. The zero-order valence-electron chi connectivity index (χ0n) is 11.6. The van der Waals surface area contributed by atoms with E-state index in [0.717, 1.165) is 10.9 Å². The number of aromatic nitrogens is 2. The first-order valence-corrected chi connectivity index (χ1v) is 8.28. The summed E-state index contributed by atoms with van der Waals surface area (Å²) < 4.78 is 27.7. The molecule has 2 heterocycles. The average molecular weight is 318 g/mol. The summed E-state index contributed by atoms with van der Waals surface area (Å²) in [5.74, 6) is 0. The number of H-pyrrole nitrogens is 1. The molecule has 108 valence electrons. The number of aryl methyl sites for hydroxylation is 2. The number of fused-ring (bicyclic) bond motifs is 1. The summed E-state index contributed by atoms with van der Waals surface area (Å²) in [5.41, 5.74) is 2.14. The van der Waals surface area contributed by atoms with E-state index < -0.39 is 10.0 Å². The molecule has 0 radical (unpaired) electrons. The van der Waals surface area contributed by atoms with Crippen LogP contribution in [-0.4, -0.2) is 17.4 Å². The number of hydrogen-bond acceptors (Lipinski definition) is 3.